The van der Waals surface area contributed by atoms with Gasteiger partial charge in [0.25, 0.3) is 0 Å². The summed E-state index contributed by atoms with van der Waals surface area (Å²) in [6.45, 7) is 13.2. The zero-order chi connectivity index (χ0) is 9.28. The molecule has 0 aromatic heterocycles. The summed E-state index contributed by atoms with van der Waals surface area (Å²) in [5.41, 5.74) is 1.05. The molecule has 0 heterocycles. The van der Waals surface area contributed by atoms with Crippen molar-refractivity contribution in [2.75, 3.05) is 0 Å². The molecule has 0 aromatic rings. The van der Waals surface area contributed by atoms with Crippen molar-refractivity contribution in [2.24, 2.45) is 0 Å². The second kappa shape index (κ2) is 9.51. The predicted octanol–water partition coefficient (Wildman–Crippen LogP) is 4.29. The lowest BCUT2D eigenvalue weighted by Crippen LogP contribution is -1.76. The quantitative estimate of drug-likeness (QED) is 0.558. The molecule has 0 aromatic carbocycles. The van der Waals surface area contributed by atoms with E-state index in [1.54, 1.807) is 6.08 Å². The molecule has 0 saturated carbocycles. The minimum Gasteiger partial charge on any atom is -0.0991 e. The van der Waals surface area contributed by atoms with E-state index in [0.717, 1.165) is 12.0 Å². The first-order chi connectivity index (χ1) is 5.22. The minimum atomic E-state index is 0.609. The van der Waals surface area contributed by atoms with Crippen molar-refractivity contribution < 1.29 is 0 Å². The predicted molar refractivity (Wildman–Crippen MR) is 54.9 cm³/mol. The highest BCUT2D eigenvalue weighted by Crippen LogP contribution is 2.14. The average Bonchev–Trinajstić information content (AvgIpc) is 2.03. The maximum atomic E-state index is 5.61. The van der Waals surface area contributed by atoms with E-state index in [-0.39, 0.29) is 0 Å². The Bertz CT molecular complexity index is 143. The summed E-state index contributed by atoms with van der Waals surface area (Å²) < 4.78 is 0. The number of allylic oxidation sites excluding steroid dienone is 4. The van der Waals surface area contributed by atoms with Gasteiger partial charge in [-0.3, -0.25) is 0 Å². The lowest BCUT2D eigenvalue weighted by Gasteiger charge is -1.96. The normalized spacial score (nSPS) is 9.64. The summed E-state index contributed by atoms with van der Waals surface area (Å²) in [5.74, 6) is 0. The maximum absolute atomic E-state index is 5.61. The van der Waals surface area contributed by atoms with Crippen molar-refractivity contribution in [3.63, 3.8) is 0 Å². The van der Waals surface area contributed by atoms with Crippen LogP contribution in [0.25, 0.3) is 0 Å². The van der Waals surface area contributed by atoms with Crippen LogP contribution in [0, 0.1) is 0 Å². The molecule has 0 aliphatic carbocycles. The SMILES string of the molecule is C=C/C=C(/CC)C(=C)Cl.CC. The number of rotatable bonds is 3. The first-order valence-electron chi connectivity index (χ1n) is 3.88. The molecular weight excluding hydrogens is 156 g/mol. The molecule has 0 nitrogen and oxygen atoms in total. The van der Waals surface area contributed by atoms with Crippen LogP contribution < -0.4 is 0 Å². The van der Waals surface area contributed by atoms with Crippen LogP contribution in [0.5, 0.6) is 0 Å². The zero-order valence-electron chi connectivity index (χ0n) is 7.65. The van der Waals surface area contributed by atoms with Crippen LogP contribution in [0.3, 0.4) is 0 Å². The lowest BCUT2D eigenvalue weighted by molar-refractivity contribution is 1.14. The summed E-state index contributed by atoms with van der Waals surface area (Å²) in [6.07, 6.45) is 4.50. The van der Waals surface area contributed by atoms with Gasteiger partial charge in [-0.25, -0.2) is 0 Å². The Morgan fingerprint density at radius 3 is 2.00 bits per heavy atom. The number of hydrogen-bond acceptors (Lipinski definition) is 0. The molecule has 0 saturated heterocycles. The fourth-order valence-electron chi connectivity index (χ4n) is 0.542. The molecule has 0 aliphatic heterocycles. The average molecular weight is 173 g/mol. The van der Waals surface area contributed by atoms with Crippen molar-refractivity contribution in [2.45, 2.75) is 27.2 Å². The highest BCUT2D eigenvalue weighted by molar-refractivity contribution is 6.31. The van der Waals surface area contributed by atoms with E-state index in [0.29, 0.717) is 5.03 Å². The van der Waals surface area contributed by atoms with E-state index >= 15 is 0 Å². The highest BCUT2D eigenvalue weighted by Gasteiger charge is 1.92. The first-order valence-corrected chi connectivity index (χ1v) is 4.26. The van der Waals surface area contributed by atoms with Gasteiger partial charge in [0.1, 0.15) is 0 Å². The first kappa shape index (κ1) is 13.1. The molecule has 0 amide bonds. The van der Waals surface area contributed by atoms with E-state index in [1.807, 2.05) is 26.8 Å². The smallest absolute Gasteiger partial charge is 0.0366 e. The van der Waals surface area contributed by atoms with Crippen LogP contribution in [0.4, 0.5) is 0 Å². The van der Waals surface area contributed by atoms with Gasteiger partial charge in [0.05, 0.1) is 0 Å². The fraction of sp³-hybridized carbons (Fsp3) is 0.400. The Morgan fingerprint density at radius 1 is 1.45 bits per heavy atom. The zero-order valence-corrected chi connectivity index (χ0v) is 8.41. The number of halogens is 1. The maximum Gasteiger partial charge on any atom is 0.0366 e. The van der Waals surface area contributed by atoms with Gasteiger partial charge in [-0.05, 0) is 12.0 Å². The standard InChI is InChI=1S/C8H11Cl.C2H6/c1-4-6-8(5-2)7(3)9;1-2/h4,6H,1,3,5H2,2H3;1-2H3/b8-6-;. The monoisotopic (exact) mass is 172 g/mol. The van der Waals surface area contributed by atoms with Crippen molar-refractivity contribution in [3.05, 3.63) is 35.9 Å². The van der Waals surface area contributed by atoms with Crippen LogP contribution in [0.1, 0.15) is 27.2 Å². The van der Waals surface area contributed by atoms with Gasteiger partial charge >= 0.3 is 0 Å². The third kappa shape index (κ3) is 7.41. The van der Waals surface area contributed by atoms with Crippen molar-refractivity contribution >= 4 is 11.6 Å². The van der Waals surface area contributed by atoms with Gasteiger partial charge in [-0.2, -0.15) is 0 Å². The molecule has 0 radical (unpaired) electrons. The van der Waals surface area contributed by atoms with Crippen molar-refractivity contribution in [1.82, 2.24) is 0 Å². The highest BCUT2D eigenvalue weighted by atomic mass is 35.5. The van der Waals surface area contributed by atoms with Crippen LogP contribution in [-0.2, 0) is 0 Å². The molecule has 0 N–H and O–H groups in total. The fourth-order valence-corrected chi connectivity index (χ4v) is 0.739. The molecule has 0 rings (SSSR count). The molecule has 0 spiro atoms. The number of hydrogen-bond donors (Lipinski definition) is 0. The van der Waals surface area contributed by atoms with E-state index in [2.05, 4.69) is 13.2 Å². The van der Waals surface area contributed by atoms with Crippen LogP contribution >= 0.6 is 11.6 Å². The molecule has 0 atom stereocenters. The Labute approximate surface area is 75.3 Å². The van der Waals surface area contributed by atoms with E-state index in [1.165, 1.54) is 0 Å². The van der Waals surface area contributed by atoms with Gasteiger partial charge in [0.2, 0.25) is 0 Å². The van der Waals surface area contributed by atoms with E-state index < -0.39 is 0 Å². The van der Waals surface area contributed by atoms with Gasteiger partial charge in [0, 0.05) is 5.03 Å². The summed E-state index contributed by atoms with van der Waals surface area (Å²) in [7, 11) is 0. The Morgan fingerprint density at radius 2 is 1.91 bits per heavy atom. The van der Waals surface area contributed by atoms with Crippen molar-refractivity contribution in [3.8, 4) is 0 Å². The molecule has 0 aliphatic rings. The van der Waals surface area contributed by atoms with Crippen molar-refractivity contribution in [1.29, 1.82) is 0 Å². The summed E-state index contributed by atoms with van der Waals surface area (Å²) in [5, 5.41) is 0.609. The lowest BCUT2D eigenvalue weighted by atomic mass is 10.2. The molecule has 0 unspecified atom stereocenters. The second-order valence-corrected chi connectivity index (χ2v) is 2.14. The van der Waals surface area contributed by atoms with E-state index in [4.69, 9.17) is 11.6 Å². The third-order valence-electron chi connectivity index (χ3n) is 1.05. The minimum absolute atomic E-state index is 0.609. The van der Waals surface area contributed by atoms with Gasteiger partial charge < -0.3 is 0 Å². The molecule has 64 valence electrons. The molecular formula is C10H17Cl. The summed E-state index contributed by atoms with van der Waals surface area (Å²) >= 11 is 5.61. The molecule has 0 fully saturated rings. The van der Waals surface area contributed by atoms with Crippen LogP contribution in [0.2, 0.25) is 0 Å². The Kier molecular flexibility index (Phi) is 11.3. The molecule has 0 bridgehead atoms. The second-order valence-electron chi connectivity index (χ2n) is 1.69. The topological polar surface area (TPSA) is 0 Å². The van der Waals surface area contributed by atoms with Gasteiger partial charge in [0.15, 0.2) is 0 Å². The Balaban J connectivity index is 0. The van der Waals surface area contributed by atoms with E-state index in [9.17, 15) is 0 Å². The largest absolute Gasteiger partial charge is 0.0991 e. The summed E-state index contributed by atoms with van der Waals surface area (Å²) in [6, 6.07) is 0. The van der Waals surface area contributed by atoms with Gasteiger partial charge in [-0.15, -0.1) is 0 Å². The van der Waals surface area contributed by atoms with Gasteiger partial charge in [-0.1, -0.05) is 57.7 Å². The van der Waals surface area contributed by atoms with Crippen LogP contribution in [-0.4, -0.2) is 0 Å². The molecule has 1 heteroatoms. The summed E-state index contributed by atoms with van der Waals surface area (Å²) in [4.78, 5) is 0. The molecule has 11 heavy (non-hydrogen) atoms. The van der Waals surface area contributed by atoms with Crippen LogP contribution in [0.15, 0.2) is 35.9 Å². The Hall–Kier alpha value is -0.490. The third-order valence-corrected chi connectivity index (χ3v) is 1.29.